The summed E-state index contributed by atoms with van der Waals surface area (Å²) in [6.07, 6.45) is 0. The van der Waals surface area contributed by atoms with Gasteiger partial charge in [0.2, 0.25) is 0 Å². The van der Waals surface area contributed by atoms with Crippen LogP contribution in [0.4, 0.5) is 0 Å². The van der Waals surface area contributed by atoms with Crippen molar-refractivity contribution in [2.24, 2.45) is 0 Å². The fraction of sp³-hybridized carbons (Fsp3) is 1.00. The summed E-state index contributed by atoms with van der Waals surface area (Å²) in [7, 11) is 7.56. The zero-order valence-corrected chi connectivity index (χ0v) is 9.97. The summed E-state index contributed by atoms with van der Waals surface area (Å²) in [4.78, 5) is 4.62. The molecule has 0 atom stereocenters. The molecule has 0 radical (unpaired) electrons. The van der Waals surface area contributed by atoms with E-state index in [2.05, 4.69) is 57.5 Å². The molecule has 0 aromatic heterocycles. The van der Waals surface area contributed by atoms with Crippen LogP contribution in [0.2, 0.25) is 19.6 Å². The van der Waals surface area contributed by atoms with Crippen molar-refractivity contribution in [3.8, 4) is 0 Å². The maximum atomic E-state index is 2.40. The highest BCUT2D eigenvalue weighted by molar-refractivity contribution is 7.29. The van der Waals surface area contributed by atoms with Gasteiger partial charge in [0.25, 0.3) is 6.57 Å². The summed E-state index contributed by atoms with van der Waals surface area (Å²) >= 11 is 0. The number of hydrogen-bond acceptors (Lipinski definition) is 2. The average Bonchev–Trinajstić information content (AvgIpc) is 1.54. The van der Waals surface area contributed by atoms with Crippen molar-refractivity contribution >= 4 is 14.5 Å². The van der Waals surface area contributed by atoms with Crippen LogP contribution in [-0.2, 0) is 0 Å². The zero-order valence-electron chi connectivity index (χ0n) is 8.97. The molecule has 0 aromatic carbocycles. The summed E-state index contributed by atoms with van der Waals surface area (Å²) in [6.45, 7) is 7.84. The second-order valence-electron chi connectivity index (χ2n) is 4.67. The van der Waals surface area contributed by atoms with Crippen molar-refractivity contribution in [2.45, 2.75) is 19.6 Å². The first-order valence-electron chi connectivity index (χ1n) is 4.09. The largest absolute Gasteiger partial charge is 0.336 e. The molecule has 0 heterocycles. The first-order chi connectivity index (χ1) is 4.76. The molecule has 0 aliphatic rings. The molecule has 0 aromatic rings. The molecule has 0 aliphatic heterocycles. The number of rotatable bonds is 3. The van der Waals surface area contributed by atoms with Gasteiger partial charge < -0.3 is 9.62 Å². The van der Waals surface area contributed by atoms with Crippen LogP contribution in [0.5, 0.6) is 0 Å². The van der Waals surface area contributed by atoms with E-state index in [1.165, 1.54) is 0 Å². The van der Waals surface area contributed by atoms with Crippen molar-refractivity contribution in [1.29, 1.82) is 0 Å². The zero-order chi connectivity index (χ0) is 9.23. The van der Waals surface area contributed by atoms with Crippen LogP contribution in [0.15, 0.2) is 0 Å². The summed E-state index contributed by atoms with van der Waals surface area (Å²) in [5.74, 6) is 0. The van der Waals surface area contributed by atoms with Gasteiger partial charge in [0.05, 0.1) is 7.94 Å². The monoisotopic (exact) mass is 172 g/mol. The van der Waals surface area contributed by atoms with Gasteiger partial charge in [-0.1, -0.05) is 19.6 Å². The molecule has 0 spiro atoms. The van der Waals surface area contributed by atoms with Crippen LogP contribution >= 0.6 is 0 Å². The quantitative estimate of drug-likeness (QED) is 0.586. The van der Waals surface area contributed by atoms with Crippen LogP contribution in [0.25, 0.3) is 0 Å². The molecule has 0 saturated carbocycles. The average molecular weight is 172 g/mol. The minimum absolute atomic E-state index is 0.641. The fourth-order valence-electron chi connectivity index (χ4n) is 2.01. The lowest BCUT2D eigenvalue weighted by Gasteiger charge is -2.35. The van der Waals surface area contributed by atoms with Gasteiger partial charge in [-0.05, 0) is 28.2 Å². The number of hydrogen-bond donors (Lipinski definition) is 0. The second-order valence-corrected chi connectivity index (χ2v) is 9.92. The van der Waals surface area contributed by atoms with E-state index in [0.29, 0.717) is 6.57 Å². The summed E-state index contributed by atoms with van der Waals surface area (Å²) in [5, 5.41) is 0. The normalized spacial score (nSPS) is 12.8. The molecule has 0 amide bonds. The summed E-state index contributed by atoms with van der Waals surface area (Å²) in [5.41, 5.74) is 0. The first kappa shape index (κ1) is 11.2. The van der Waals surface area contributed by atoms with Gasteiger partial charge in [0.15, 0.2) is 0 Å². The van der Waals surface area contributed by atoms with Gasteiger partial charge in [-0.15, -0.1) is 0 Å². The summed E-state index contributed by atoms with van der Waals surface area (Å²) < 4.78 is 0. The Balaban J connectivity index is 4.35. The lowest BCUT2D eigenvalue weighted by Crippen LogP contribution is -2.61. The first-order valence-corrected chi connectivity index (χ1v) is 7.67. The van der Waals surface area contributed by atoms with Crippen LogP contribution in [-0.4, -0.2) is 52.3 Å². The van der Waals surface area contributed by atoms with E-state index in [1.54, 1.807) is 0 Å². The van der Waals surface area contributed by atoms with Gasteiger partial charge in [-0.25, -0.2) is 0 Å². The highest BCUT2D eigenvalue weighted by Crippen LogP contribution is 2.09. The van der Waals surface area contributed by atoms with Crippen LogP contribution in [0.1, 0.15) is 0 Å². The van der Waals surface area contributed by atoms with Crippen LogP contribution in [0.3, 0.4) is 0 Å². The third kappa shape index (κ3) is 3.40. The van der Waals surface area contributed by atoms with E-state index in [9.17, 15) is 0 Å². The minimum Gasteiger partial charge on any atom is -0.336 e. The smallest absolute Gasteiger partial charge is 0.293 e. The van der Waals surface area contributed by atoms with Gasteiger partial charge in [0, 0.05) is 0 Å². The predicted molar refractivity (Wildman–Crippen MR) is 56.5 cm³/mol. The molecule has 0 fully saturated rings. The molecule has 66 valence electrons. The summed E-state index contributed by atoms with van der Waals surface area (Å²) in [6, 6.07) is 0. The molecule has 0 aliphatic carbocycles. The van der Waals surface area contributed by atoms with Crippen molar-refractivity contribution in [1.82, 2.24) is 9.62 Å². The predicted octanol–water partition coefficient (Wildman–Crippen LogP) is 1.01. The molecule has 2 nitrogen and oxygen atoms in total. The third-order valence-corrected chi connectivity index (χ3v) is 4.33. The molecular weight excluding hydrogens is 151 g/mol. The maximum Gasteiger partial charge on any atom is 0.293 e. The van der Waals surface area contributed by atoms with E-state index >= 15 is 0 Å². The maximum absolute atomic E-state index is 2.40. The molecule has 0 rings (SSSR count). The Morgan fingerprint density at radius 2 is 1.09 bits per heavy atom. The Hall–Kier alpha value is 0.202. The van der Waals surface area contributed by atoms with Crippen molar-refractivity contribution in [2.75, 3.05) is 28.2 Å². The standard InChI is InChI=1S/C7H21BN2Si/c1-9(2)8(10(3)4)11(5,6)7/h1-7H3. The van der Waals surface area contributed by atoms with E-state index < -0.39 is 7.94 Å². The molecule has 0 saturated heterocycles. The van der Waals surface area contributed by atoms with Crippen molar-refractivity contribution in [3.05, 3.63) is 0 Å². The van der Waals surface area contributed by atoms with E-state index in [1.807, 2.05) is 0 Å². The lowest BCUT2D eigenvalue weighted by atomic mass is 10.1. The molecule has 0 N–H and O–H groups in total. The van der Waals surface area contributed by atoms with Crippen molar-refractivity contribution < 1.29 is 0 Å². The molecule has 4 heteroatoms. The molecule has 0 bridgehead atoms. The Kier molecular flexibility index (Phi) is 3.81. The molecular formula is C7H21BN2Si. The minimum atomic E-state index is -1.06. The van der Waals surface area contributed by atoms with Gasteiger partial charge in [-0.2, -0.15) is 0 Å². The Morgan fingerprint density at radius 3 is 1.09 bits per heavy atom. The van der Waals surface area contributed by atoms with Gasteiger partial charge >= 0.3 is 0 Å². The van der Waals surface area contributed by atoms with E-state index in [4.69, 9.17) is 0 Å². The topological polar surface area (TPSA) is 6.48 Å². The SMILES string of the molecule is CN(C)B(N(C)C)[Si](C)(C)C. The second kappa shape index (κ2) is 3.74. The van der Waals surface area contributed by atoms with Crippen molar-refractivity contribution in [3.63, 3.8) is 0 Å². The highest BCUT2D eigenvalue weighted by Gasteiger charge is 2.35. The Labute approximate surface area is 72.6 Å². The van der Waals surface area contributed by atoms with E-state index in [0.717, 1.165) is 0 Å². The molecule has 11 heavy (non-hydrogen) atoms. The fourth-order valence-corrected chi connectivity index (χ4v) is 5.11. The highest BCUT2D eigenvalue weighted by atomic mass is 28.3. The molecule has 0 unspecified atom stereocenters. The lowest BCUT2D eigenvalue weighted by molar-refractivity contribution is 0.535. The van der Waals surface area contributed by atoms with Gasteiger partial charge in [0.1, 0.15) is 0 Å². The van der Waals surface area contributed by atoms with E-state index in [-0.39, 0.29) is 0 Å². The van der Waals surface area contributed by atoms with Gasteiger partial charge in [-0.3, -0.25) is 0 Å². The van der Waals surface area contributed by atoms with Crippen LogP contribution < -0.4 is 0 Å². The third-order valence-electron chi connectivity index (χ3n) is 1.75. The Bertz CT molecular complexity index is 112. The van der Waals surface area contributed by atoms with Crippen LogP contribution in [0, 0.1) is 0 Å². The Morgan fingerprint density at radius 1 is 0.818 bits per heavy atom. The number of nitrogens with zero attached hydrogens (tertiary/aromatic N) is 2.